The molecule has 6 nitrogen and oxygen atoms in total. The highest BCUT2D eigenvalue weighted by atomic mass is 16.2. The van der Waals surface area contributed by atoms with Gasteiger partial charge in [-0.1, -0.05) is 60.7 Å². The number of nitrogens with zero attached hydrogens (tertiary/aromatic N) is 1. The van der Waals surface area contributed by atoms with Gasteiger partial charge in [-0.3, -0.25) is 14.4 Å². The maximum Gasteiger partial charge on any atom is 0.245 e. The van der Waals surface area contributed by atoms with E-state index in [1.54, 1.807) is 7.05 Å². The molecule has 0 saturated heterocycles. The van der Waals surface area contributed by atoms with Crippen molar-refractivity contribution in [2.75, 3.05) is 7.05 Å². The first kappa shape index (κ1) is 20.2. The molecule has 3 N–H and O–H groups in total. The summed E-state index contributed by atoms with van der Waals surface area (Å²) in [6, 6.07) is 17.2. The Labute approximate surface area is 159 Å². The van der Waals surface area contributed by atoms with Crippen LogP contribution in [0.25, 0.3) is 0 Å². The van der Waals surface area contributed by atoms with E-state index in [-0.39, 0.29) is 11.8 Å². The average Bonchev–Trinajstić information content (AvgIpc) is 2.65. The zero-order valence-electron chi connectivity index (χ0n) is 15.6. The van der Waals surface area contributed by atoms with E-state index in [9.17, 15) is 14.4 Å². The van der Waals surface area contributed by atoms with E-state index in [0.29, 0.717) is 12.8 Å². The van der Waals surface area contributed by atoms with Crippen LogP contribution in [0, 0.1) is 0 Å². The number of benzene rings is 2. The lowest BCUT2D eigenvalue weighted by Crippen LogP contribution is -2.54. The second-order valence-corrected chi connectivity index (χ2v) is 6.50. The minimum Gasteiger partial charge on any atom is -0.368 e. The summed E-state index contributed by atoms with van der Waals surface area (Å²) in [5.41, 5.74) is 7.37. The minimum atomic E-state index is -0.799. The first-order valence-electron chi connectivity index (χ1n) is 8.79. The molecule has 0 aliphatic carbocycles. The summed E-state index contributed by atoms with van der Waals surface area (Å²) in [4.78, 5) is 37.9. The lowest BCUT2D eigenvalue weighted by atomic mass is 10.0. The molecule has 0 bridgehead atoms. The molecule has 0 heterocycles. The number of carbonyl (C=O) groups is 3. The lowest BCUT2D eigenvalue weighted by Gasteiger charge is -2.30. The third-order valence-corrected chi connectivity index (χ3v) is 4.37. The van der Waals surface area contributed by atoms with Crippen LogP contribution in [0.3, 0.4) is 0 Å². The monoisotopic (exact) mass is 367 g/mol. The number of hydrogen-bond acceptors (Lipinski definition) is 3. The van der Waals surface area contributed by atoms with E-state index in [0.717, 1.165) is 11.1 Å². The van der Waals surface area contributed by atoms with Gasteiger partial charge in [-0.05, 0) is 11.1 Å². The number of primary amides is 1. The van der Waals surface area contributed by atoms with Gasteiger partial charge in [0.25, 0.3) is 0 Å². The summed E-state index contributed by atoms with van der Waals surface area (Å²) >= 11 is 0. The molecule has 0 aliphatic heterocycles. The maximum atomic E-state index is 13.0. The largest absolute Gasteiger partial charge is 0.368 e. The van der Waals surface area contributed by atoms with Crippen LogP contribution < -0.4 is 11.1 Å². The van der Waals surface area contributed by atoms with Gasteiger partial charge in [0.15, 0.2) is 0 Å². The fourth-order valence-corrected chi connectivity index (χ4v) is 2.96. The first-order valence-corrected chi connectivity index (χ1v) is 8.79. The molecule has 0 radical (unpaired) electrons. The van der Waals surface area contributed by atoms with Gasteiger partial charge in [0.05, 0.1) is 0 Å². The van der Waals surface area contributed by atoms with Crippen molar-refractivity contribution in [3.63, 3.8) is 0 Å². The minimum absolute atomic E-state index is 0.309. The lowest BCUT2D eigenvalue weighted by molar-refractivity contribution is -0.140. The Morgan fingerprint density at radius 3 is 1.85 bits per heavy atom. The average molecular weight is 367 g/mol. The highest BCUT2D eigenvalue weighted by molar-refractivity contribution is 5.91. The maximum absolute atomic E-state index is 13.0. The van der Waals surface area contributed by atoms with Crippen molar-refractivity contribution in [3.8, 4) is 0 Å². The van der Waals surface area contributed by atoms with Gasteiger partial charge in [0.1, 0.15) is 12.1 Å². The molecule has 6 heteroatoms. The number of rotatable bonds is 8. The van der Waals surface area contributed by atoms with Gasteiger partial charge < -0.3 is 16.0 Å². The molecule has 0 unspecified atom stereocenters. The Morgan fingerprint density at radius 2 is 1.41 bits per heavy atom. The van der Waals surface area contributed by atoms with Crippen molar-refractivity contribution in [1.29, 1.82) is 0 Å². The Bertz CT molecular complexity index is 778. The van der Waals surface area contributed by atoms with Crippen molar-refractivity contribution in [2.45, 2.75) is 31.8 Å². The highest BCUT2D eigenvalue weighted by Crippen LogP contribution is 2.12. The predicted molar refractivity (Wildman–Crippen MR) is 104 cm³/mol. The van der Waals surface area contributed by atoms with Crippen molar-refractivity contribution in [1.82, 2.24) is 10.2 Å². The van der Waals surface area contributed by atoms with Crippen LogP contribution in [0.1, 0.15) is 18.1 Å². The molecular formula is C21H25N3O3. The van der Waals surface area contributed by atoms with E-state index in [4.69, 9.17) is 5.73 Å². The van der Waals surface area contributed by atoms with Gasteiger partial charge >= 0.3 is 0 Å². The number of nitrogens with two attached hydrogens (primary N) is 1. The van der Waals surface area contributed by atoms with Crippen LogP contribution in [-0.2, 0) is 27.2 Å². The van der Waals surface area contributed by atoms with Crippen molar-refractivity contribution in [2.24, 2.45) is 5.73 Å². The summed E-state index contributed by atoms with van der Waals surface area (Å²) in [5, 5.41) is 2.68. The Balaban J connectivity index is 2.19. The summed E-state index contributed by atoms with van der Waals surface area (Å²) in [6.45, 7) is 1.36. The van der Waals surface area contributed by atoms with Crippen molar-refractivity contribution < 1.29 is 14.4 Å². The Hall–Kier alpha value is -3.15. The molecule has 0 fully saturated rings. The molecule has 0 aromatic heterocycles. The second kappa shape index (κ2) is 9.52. The number of carbonyl (C=O) groups excluding carboxylic acids is 3. The molecule has 2 aromatic rings. The van der Waals surface area contributed by atoms with Gasteiger partial charge in [0, 0.05) is 26.8 Å². The third-order valence-electron chi connectivity index (χ3n) is 4.37. The van der Waals surface area contributed by atoms with Gasteiger partial charge in [-0.2, -0.15) is 0 Å². The van der Waals surface area contributed by atoms with E-state index >= 15 is 0 Å². The SMILES string of the molecule is CC(=O)N[C@H](Cc1ccccc1)C(=O)N(C)[C@@H](Cc1ccccc1)C(N)=O. The van der Waals surface area contributed by atoms with Crippen LogP contribution in [0.5, 0.6) is 0 Å². The molecular weight excluding hydrogens is 342 g/mol. The zero-order valence-corrected chi connectivity index (χ0v) is 15.6. The van der Waals surface area contributed by atoms with Gasteiger partial charge in [0.2, 0.25) is 17.7 Å². The zero-order chi connectivity index (χ0) is 19.8. The van der Waals surface area contributed by atoms with Crippen LogP contribution in [0.15, 0.2) is 60.7 Å². The first-order chi connectivity index (χ1) is 12.9. The normalized spacial score (nSPS) is 12.7. The molecule has 0 spiro atoms. The van der Waals surface area contributed by atoms with E-state index in [1.165, 1.54) is 11.8 Å². The summed E-state index contributed by atoms with van der Waals surface area (Å²) < 4.78 is 0. The molecule has 2 rings (SSSR count). The van der Waals surface area contributed by atoms with E-state index in [1.807, 2.05) is 60.7 Å². The molecule has 2 aromatic carbocycles. The van der Waals surface area contributed by atoms with E-state index in [2.05, 4.69) is 5.32 Å². The molecule has 3 amide bonds. The fourth-order valence-electron chi connectivity index (χ4n) is 2.96. The Kier molecular flexibility index (Phi) is 7.11. The quantitative estimate of drug-likeness (QED) is 0.736. The number of hydrogen-bond donors (Lipinski definition) is 2. The summed E-state index contributed by atoms with van der Waals surface area (Å²) in [5.74, 6) is -1.25. The summed E-state index contributed by atoms with van der Waals surface area (Å²) in [6.07, 6.45) is 0.650. The number of nitrogens with one attached hydrogen (secondary N) is 1. The number of likely N-dealkylation sites (N-methyl/N-ethyl adjacent to an activating group) is 1. The highest BCUT2D eigenvalue weighted by Gasteiger charge is 2.30. The van der Waals surface area contributed by atoms with Gasteiger partial charge in [-0.25, -0.2) is 0 Å². The van der Waals surface area contributed by atoms with E-state index < -0.39 is 18.0 Å². The molecule has 142 valence electrons. The van der Waals surface area contributed by atoms with Crippen molar-refractivity contribution >= 4 is 17.7 Å². The van der Waals surface area contributed by atoms with Gasteiger partial charge in [-0.15, -0.1) is 0 Å². The third kappa shape index (κ3) is 5.95. The van der Waals surface area contributed by atoms with Crippen LogP contribution >= 0.6 is 0 Å². The topological polar surface area (TPSA) is 92.5 Å². The number of amides is 3. The molecule has 0 aliphatic rings. The van der Waals surface area contributed by atoms with Crippen LogP contribution in [0.4, 0.5) is 0 Å². The molecule has 0 saturated carbocycles. The van der Waals surface area contributed by atoms with Crippen molar-refractivity contribution in [3.05, 3.63) is 71.8 Å². The smallest absolute Gasteiger partial charge is 0.245 e. The van der Waals surface area contributed by atoms with Crippen LogP contribution in [-0.4, -0.2) is 41.8 Å². The van der Waals surface area contributed by atoms with Crippen LogP contribution in [0.2, 0.25) is 0 Å². The Morgan fingerprint density at radius 1 is 0.926 bits per heavy atom. The standard InChI is InChI=1S/C21H25N3O3/c1-15(25)23-18(13-16-9-5-3-6-10-16)21(27)24(2)19(20(22)26)14-17-11-7-4-8-12-17/h3-12,18-19H,13-14H2,1-2H3,(H2,22,26)(H,23,25)/t18-,19+/m1/s1. The predicted octanol–water partition coefficient (Wildman–Crippen LogP) is 1.29. The fraction of sp³-hybridized carbons (Fsp3) is 0.286. The second-order valence-electron chi connectivity index (χ2n) is 6.50. The molecule has 27 heavy (non-hydrogen) atoms. The molecule has 2 atom stereocenters. The summed E-state index contributed by atoms with van der Waals surface area (Å²) in [7, 11) is 1.54.